The largest absolute Gasteiger partial charge is 0.449 e. The number of piperidine rings is 1. The van der Waals surface area contributed by atoms with Crippen LogP contribution < -0.4 is 0 Å². The zero-order chi connectivity index (χ0) is 19.7. The zero-order valence-electron chi connectivity index (χ0n) is 17.3. The lowest BCUT2D eigenvalue weighted by molar-refractivity contribution is 0.0107. The molecule has 4 heteroatoms. The number of hydrogen-bond donors (Lipinski definition) is 0. The molecule has 0 atom stereocenters. The van der Waals surface area contributed by atoms with Gasteiger partial charge in [-0.05, 0) is 66.0 Å². The van der Waals surface area contributed by atoms with E-state index in [2.05, 4.69) is 33.8 Å². The highest BCUT2D eigenvalue weighted by Crippen LogP contribution is 2.57. The minimum atomic E-state index is -0.168. The number of carbonyl (C=O) groups is 1. The van der Waals surface area contributed by atoms with Gasteiger partial charge in [-0.1, -0.05) is 46.2 Å². The first-order valence-corrected chi connectivity index (χ1v) is 10.5. The molecule has 1 aliphatic carbocycles. The second-order valence-electron chi connectivity index (χ2n) is 9.55. The second kappa shape index (κ2) is 7.81. The van der Waals surface area contributed by atoms with Crippen LogP contribution in [0.1, 0.15) is 83.3 Å². The first kappa shape index (κ1) is 20.2. The number of benzene rings is 1. The highest BCUT2D eigenvalue weighted by atomic mass is 19.1. The fourth-order valence-electron chi connectivity index (χ4n) is 4.50. The number of ether oxygens (including phenoxy) is 1. The van der Waals surface area contributed by atoms with Crippen molar-refractivity contribution in [2.24, 2.45) is 5.41 Å². The highest BCUT2D eigenvalue weighted by molar-refractivity contribution is 5.67. The van der Waals surface area contributed by atoms with E-state index in [1.807, 2.05) is 11.0 Å². The molecule has 2 fully saturated rings. The quantitative estimate of drug-likeness (QED) is 0.602. The van der Waals surface area contributed by atoms with Crippen molar-refractivity contribution in [1.29, 1.82) is 0 Å². The van der Waals surface area contributed by atoms with Crippen LogP contribution in [0.3, 0.4) is 0 Å². The average Bonchev–Trinajstić information content (AvgIpc) is 2.59. The molecule has 1 saturated heterocycles. The average molecular weight is 376 g/mol. The topological polar surface area (TPSA) is 29.5 Å². The summed E-state index contributed by atoms with van der Waals surface area (Å²) in [5, 5.41) is 0. The molecule has 0 unspecified atom stereocenters. The Hall–Kier alpha value is -1.58. The molecule has 1 spiro atoms. The molecule has 1 saturated carbocycles. The molecule has 1 aliphatic heterocycles. The van der Waals surface area contributed by atoms with Crippen molar-refractivity contribution in [3.8, 4) is 0 Å². The Balaban J connectivity index is 1.55. The van der Waals surface area contributed by atoms with E-state index in [0.29, 0.717) is 12.5 Å². The molecule has 0 N–H and O–H groups in total. The molecule has 0 radical (unpaired) electrons. The Morgan fingerprint density at radius 3 is 2.52 bits per heavy atom. The Labute approximate surface area is 163 Å². The summed E-state index contributed by atoms with van der Waals surface area (Å²) < 4.78 is 19.8. The molecular formula is C23H34FNO2. The van der Waals surface area contributed by atoms with Gasteiger partial charge < -0.3 is 9.64 Å². The van der Waals surface area contributed by atoms with Crippen molar-refractivity contribution in [2.45, 2.75) is 77.6 Å². The molecular weight excluding hydrogens is 341 g/mol. The van der Waals surface area contributed by atoms with Gasteiger partial charge in [0.1, 0.15) is 5.82 Å². The Morgan fingerprint density at radius 2 is 1.93 bits per heavy atom. The maximum absolute atomic E-state index is 14.4. The van der Waals surface area contributed by atoms with Gasteiger partial charge in [-0.15, -0.1) is 0 Å². The van der Waals surface area contributed by atoms with Crippen LogP contribution in [0, 0.1) is 11.2 Å². The predicted octanol–water partition coefficient (Wildman–Crippen LogP) is 6.02. The second-order valence-corrected chi connectivity index (χ2v) is 9.55. The standard InChI is InChI=1S/C23H34FNO2/c1-5-6-13-27-21(26)25-11-9-23(10-12-25)15-17(16-23)19-14-18(22(2,3)4)7-8-20(19)24/h7-8,14,17H,5-6,9-13,15-16H2,1-4H3. The minimum Gasteiger partial charge on any atom is -0.449 e. The van der Waals surface area contributed by atoms with Crippen LogP contribution in [0.2, 0.25) is 0 Å². The third-order valence-corrected chi connectivity index (χ3v) is 6.47. The molecule has 1 amide bonds. The summed E-state index contributed by atoms with van der Waals surface area (Å²) in [5.74, 6) is 0.246. The Bertz CT molecular complexity index is 663. The van der Waals surface area contributed by atoms with Crippen LogP contribution in [0.4, 0.5) is 9.18 Å². The number of unbranched alkanes of at least 4 members (excludes halogenated alkanes) is 1. The lowest BCUT2D eigenvalue weighted by Gasteiger charge is -2.52. The fraction of sp³-hybridized carbons (Fsp3) is 0.696. The highest BCUT2D eigenvalue weighted by Gasteiger charge is 2.47. The smallest absolute Gasteiger partial charge is 0.409 e. The maximum atomic E-state index is 14.4. The van der Waals surface area contributed by atoms with Gasteiger partial charge in [0.05, 0.1) is 6.61 Å². The van der Waals surface area contributed by atoms with E-state index < -0.39 is 0 Å². The normalized spacial score (nSPS) is 19.8. The molecule has 3 nitrogen and oxygen atoms in total. The summed E-state index contributed by atoms with van der Waals surface area (Å²) in [6, 6.07) is 5.62. The number of rotatable bonds is 4. The lowest BCUT2D eigenvalue weighted by Crippen LogP contribution is -2.48. The van der Waals surface area contributed by atoms with Gasteiger partial charge in [0.15, 0.2) is 0 Å². The predicted molar refractivity (Wildman–Crippen MR) is 107 cm³/mol. The van der Waals surface area contributed by atoms with E-state index in [1.54, 1.807) is 6.07 Å². The van der Waals surface area contributed by atoms with Crippen LogP contribution in [-0.4, -0.2) is 30.7 Å². The summed E-state index contributed by atoms with van der Waals surface area (Å²) in [7, 11) is 0. The van der Waals surface area contributed by atoms with Crippen molar-refractivity contribution >= 4 is 6.09 Å². The van der Waals surface area contributed by atoms with Crippen molar-refractivity contribution in [3.05, 3.63) is 35.1 Å². The molecule has 1 aromatic rings. The van der Waals surface area contributed by atoms with Gasteiger partial charge >= 0.3 is 6.09 Å². The number of likely N-dealkylation sites (tertiary alicyclic amines) is 1. The number of amides is 1. The summed E-state index contributed by atoms with van der Waals surface area (Å²) in [6.07, 6.45) is 5.87. The van der Waals surface area contributed by atoms with E-state index in [0.717, 1.165) is 57.2 Å². The summed E-state index contributed by atoms with van der Waals surface area (Å²) >= 11 is 0. The van der Waals surface area contributed by atoms with Gasteiger partial charge in [-0.2, -0.15) is 0 Å². The molecule has 27 heavy (non-hydrogen) atoms. The van der Waals surface area contributed by atoms with Crippen molar-refractivity contribution < 1.29 is 13.9 Å². The van der Waals surface area contributed by atoms with Gasteiger partial charge in [-0.3, -0.25) is 0 Å². The molecule has 0 bridgehead atoms. The summed E-state index contributed by atoms with van der Waals surface area (Å²) in [6.45, 7) is 10.6. The van der Waals surface area contributed by atoms with Crippen LogP contribution in [0.5, 0.6) is 0 Å². The summed E-state index contributed by atoms with van der Waals surface area (Å²) in [5.41, 5.74) is 2.40. The van der Waals surface area contributed by atoms with Crippen LogP contribution in [0.15, 0.2) is 18.2 Å². The number of carbonyl (C=O) groups excluding carboxylic acids is 1. The fourth-order valence-corrected chi connectivity index (χ4v) is 4.50. The summed E-state index contributed by atoms with van der Waals surface area (Å²) in [4.78, 5) is 13.9. The van der Waals surface area contributed by atoms with Gasteiger partial charge in [0.25, 0.3) is 0 Å². The van der Waals surface area contributed by atoms with E-state index >= 15 is 0 Å². The van der Waals surface area contributed by atoms with Crippen LogP contribution >= 0.6 is 0 Å². The van der Waals surface area contributed by atoms with E-state index in [9.17, 15) is 9.18 Å². The molecule has 2 aliphatic rings. The number of nitrogens with zero attached hydrogens (tertiary/aromatic N) is 1. The molecule has 150 valence electrons. The monoisotopic (exact) mass is 375 g/mol. The Morgan fingerprint density at radius 1 is 1.26 bits per heavy atom. The Kier molecular flexibility index (Phi) is 5.83. The van der Waals surface area contributed by atoms with Crippen molar-refractivity contribution in [1.82, 2.24) is 4.90 Å². The third kappa shape index (κ3) is 4.47. The van der Waals surface area contributed by atoms with Gasteiger partial charge in [0, 0.05) is 13.1 Å². The SMILES string of the molecule is CCCCOC(=O)N1CCC2(CC1)CC(c1cc(C(C)(C)C)ccc1F)C2. The first-order valence-electron chi connectivity index (χ1n) is 10.5. The molecule has 3 rings (SSSR count). The van der Waals surface area contributed by atoms with E-state index in [4.69, 9.17) is 4.74 Å². The third-order valence-electron chi connectivity index (χ3n) is 6.47. The molecule has 0 aromatic heterocycles. The molecule has 1 aromatic carbocycles. The van der Waals surface area contributed by atoms with Crippen LogP contribution in [-0.2, 0) is 10.2 Å². The maximum Gasteiger partial charge on any atom is 0.409 e. The van der Waals surface area contributed by atoms with E-state index in [1.165, 1.54) is 5.56 Å². The van der Waals surface area contributed by atoms with Crippen LogP contribution in [0.25, 0.3) is 0 Å². The first-order chi connectivity index (χ1) is 12.7. The lowest BCUT2D eigenvalue weighted by atomic mass is 9.56. The number of hydrogen-bond acceptors (Lipinski definition) is 2. The van der Waals surface area contributed by atoms with E-state index in [-0.39, 0.29) is 22.7 Å². The minimum absolute atomic E-state index is 0.0351. The van der Waals surface area contributed by atoms with Crippen molar-refractivity contribution in [2.75, 3.05) is 19.7 Å². The zero-order valence-corrected chi connectivity index (χ0v) is 17.3. The van der Waals surface area contributed by atoms with Crippen molar-refractivity contribution in [3.63, 3.8) is 0 Å². The number of halogens is 1. The van der Waals surface area contributed by atoms with Gasteiger partial charge in [0.2, 0.25) is 0 Å². The molecule has 1 heterocycles. The van der Waals surface area contributed by atoms with Gasteiger partial charge in [-0.25, -0.2) is 9.18 Å².